The Morgan fingerprint density at radius 1 is 1.13 bits per heavy atom. The molecule has 0 radical (unpaired) electrons. The van der Waals surface area contributed by atoms with Gasteiger partial charge in [-0.15, -0.1) is 10.2 Å². The highest BCUT2D eigenvalue weighted by Crippen LogP contribution is 2.34. The fourth-order valence-corrected chi connectivity index (χ4v) is 5.16. The standard InChI is InChI=1S/C20H24N6O3S2/c1-12-8-17(9-13(2)18(12)31(21,28)29)24-19(27)23-16-7-5-6-15(10-16)14(3)30-20-25-22-11-26(20)4/h5-11,14H,1-4H3,(H2,21,28,29)(H2,23,24,27). The second kappa shape index (κ2) is 9.08. The van der Waals surface area contributed by atoms with Crippen LogP contribution in [0, 0.1) is 13.8 Å². The number of thioether (sulfide) groups is 1. The van der Waals surface area contributed by atoms with Crippen LogP contribution in [-0.2, 0) is 17.1 Å². The fraction of sp³-hybridized carbons (Fsp3) is 0.250. The number of carbonyl (C=O) groups excluding carboxylic acids is 1. The van der Waals surface area contributed by atoms with Gasteiger partial charge in [0, 0.05) is 23.7 Å². The number of aryl methyl sites for hydroxylation is 3. The molecular formula is C20H24N6O3S2. The van der Waals surface area contributed by atoms with Crippen molar-refractivity contribution in [3.05, 3.63) is 59.4 Å². The Labute approximate surface area is 185 Å². The van der Waals surface area contributed by atoms with E-state index >= 15 is 0 Å². The number of nitrogens with zero attached hydrogens (tertiary/aromatic N) is 3. The van der Waals surface area contributed by atoms with Gasteiger partial charge in [-0.2, -0.15) is 0 Å². The topological polar surface area (TPSA) is 132 Å². The number of hydrogen-bond donors (Lipinski definition) is 3. The summed E-state index contributed by atoms with van der Waals surface area (Å²) < 4.78 is 25.3. The average molecular weight is 461 g/mol. The summed E-state index contributed by atoms with van der Waals surface area (Å²) in [6.45, 7) is 5.32. The first-order valence-electron chi connectivity index (χ1n) is 9.37. The maximum atomic E-state index is 12.5. The Balaban J connectivity index is 1.70. The summed E-state index contributed by atoms with van der Waals surface area (Å²) in [6, 6.07) is 10.2. The number of sulfonamides is 1. The molecular weight excluding hydrogens is 436 g/mol. The van der Waals surface area contributed by atoms with Crippen molar-refractivity contribution >= 4 is 39.2 Å². The van der Waals surface area contributed by atoms with Crippen molar-refractivity contribution in [2.75, 3.05) is 10.6 Å². The van der Waals surface area contributed by atoms with Gasteiger partial charge in [0.1, 0.15) is 6.33 Å². The summed E-state index contributed by atoms with van der Waals surface area (Å²) in [6.07, 6.45) is 1.65. The normalized spacial score (nSPS) is 12.4. The van der Waals surface area contributed by atoms with Gasteiger partial charge in [0.15, 0.2) is 5.16 Å². The molecule has 0 bridgehead atoms. The highest BCUT2D eigenvalue weighted by Gasteiger charge is 2.17. The summed E-state index contributed by atoms with van der Waals surface area (Å²) >= 11 is 1.57. The molecule has 0 spiro atoms. The van der Waals surface area contributed by atoms with E-state index < -0.39 is 16.1 Å². The van der Waals surface area contributed by atoms with E-state index in [0.717, 1.165) is 10.7 Å². The largest absolute Gasteiger partial charge is 0.323 e. The maximum absolute atomic E-state index is 12.5. The molecule has 4 N–H and O–H groups in total. The summed E-state index contributed by atoms with van der Waals surface area (Å²) in [5.41, 5.74) is 3.07. The minimum absolute atomic E-state index is 0.0700. The molecule has 0 saturated carbocycles. The molecule has 9 nitrogen and oxygen atoms in total. The minimum atomic E-state index is -3.83. The zero-order valence-corrected chi connectivity index (χ0v) is 19.2. The first kappa shape index (κ1) is 22.8. The van der Waals surface area contributed by atoms with E-state index in [1.165, 1.54) is 0 Å². The van der Waals surface area contributed by atoms with Crippen molar-refractivity contribution in [2.24, 2.45) is 12.2 Å². The maximum Gasteiger partial charge on any atom is 0.323 e. The third-order valence-corrected chi connectivity index (χ3v) is 6.99. The van der Waals surface area contributed by atoms with Gasteiger partial charge in [0.25, 0.3) is 0 Å². The predicted octanol–water partition coefficient (Wildman–Crippen LogP) is 3.58. The van der Waals surface area contributed by atoms with Crippen LogP contribution >= 0.6 is 11.8 Å². The molecule has 1 atom stereocenters. The molecule has 3 aromatic rings. The van der Waals surface area contributed by atoms with Crippen LogP contribution in [0.25, 0.3) is 0 Å². The van der Waals surface area contributed by atoms with Crippen LogP contribution in [0.5, 0.6) is 0 Å². The molecule has 0 saturated heterocycles. The highest BCUT2D eigenvalue weighted by molar-refractivity contribution is 7.99. The molecule has 0 fully saturated rings. The van der Waals surface area contributed by atoms with Crippen molar-refractivity contribution in [1.29, 1.82) is 0 Å². The van der Waals surface area contributed by atoms with Gasteiger partial charge in [-0.05, 0) is 61.7 Å². The number of rotatable bonds is 6. The molecule has 1 heterocycles. The molecule has 0 aliphatic heterocycles. The molecule has 1 aromatic heterocycles. The van der Waals surface area contributed by atoms with Crippen molar-refractivity contribution in [3.63, 3.8) is 0 Å². The van der Waals surface area contributed by atoms with Gasteiger partial charge in [-0.3, -0.25) is 0 Å². The van der Waals surface area contributed by atoms with Gasteiger partial charge in [0.2, 0.25) is 10.0 Å². The molecule has 11 heteroatoms. The number of nitrogens with two attached hydrogens (primary N) is 1. The quantitative estimate of drug-likeness (QED) is 0.482. The third-order valence-electron chi connectivity index (χ3n) is 4.57. The van der Waals surface area contributed by atoms with E-state index in [2.05, 4.69) is 27.8 Å². The van der Waals surface area contributed by atoms with Crippen LogP contribution in [0.3, 0.4) is 0 Å². The number of hydrogen-bond acceptors (Lipinski definition) is 6. The Morgan fingerprint density at radius 3 is 2.35 bits per heavy atom. The van der Waals surface area contributed by atoms with Crippen LogP contribution in [0.15, 0.2) is 52.8 Å². The number of nitrogens with one attached hydrogen (secondary N) is 2. The van der Waals surface area contributed by atoms with Crippen molar-refractivity contribution < 1.29 is 13.2 Å². The van der Waals surface area contributed by atoms with Gasteiger partial charge in [0.05, 0.1) is 4.90 Å². The Morgan fingerprint density at radius 2 is 1.77 bits per heavy atom. The number of aromatic nitrogens is 3. The second-order valence-electron chi connectivity index (χ2n) is 7.17. The molecule has 31 heavy (non-hydrogen) atoms. The van der Waals surface area contributed by atoms with E-state index in [-0.39, 0.29) is 10.1 Å². The summed E-state index contributed by atoms with van der Waals surface area (Å²) in [7, 11) is -1.95. The third kappa shape index (κ3) is 5.63. The van der Waals surface area contributed by atoms with Crippen LogP contribution in [-0.4, -0.2) is 29.2 Å². The number of carbonyl (C=O) groups is 1. The average Bonchev–Trinajstić information content (AvgIpc) is 3.04. The van der Waals surface area contributed by atoms with Crippen LogP contribution in [0.2, 0.25) is 0 Å². The van der Waals surface area contributed by atoms with Crippen molar-refractivity contribution in [2.45, 2.75) is 36.1 Å². The van der Waals surface area contributed by atoms with Gasteiger partial charge < -0.3 is 15.2 Å². The van der Waals surface area contributed by atoms with Crippen LogP contribution < -0.4 is 15.8 Å². The first-order chi connectivity index (χ1) is 14.5. The SMILES string of the molecule is Cc1cc(NC(=O)Nc2cccc(C(C)Sc3nncn3C)c2)cc(C)c1S(N)(=O)=O. The van der Waals surface area contributed by atoms with Crippen LogP contribution in [0.1, 0.15) is 28.9 Å². The van der Waals surface area contributed by atoms with E-state index in [1.807, 2.05) is 29.8 Å². The summed E-state index contributed by atoms with van der Waals surface area (Å²) in [5.74, 6) is 0. The molecule has 164 valence electrons. The monoisotopic (exact) mass is 460 g/mol. The van der Waals surface area contributed by atoms with Crippen molar-refractivity contribution in [1.82, 2.24) is 14.8 Å². The van der Waals surface area contributed by atoms with E-state index in [4.69, 9.17) is 5.14 Å². The van der Waals surface area contributed by atoms with E-state index in [1.54, 1.807) is 50.1 Å². The predicted molar refractivity (Wildman–Crippen MR) is 122 cm³/mol. The molecule has 2 amide bonds. The van der Waals surface area contributed by atoms with Gasteiger partial charge >= 0.3 is 6.03 Å². The lowest BCUT2D eigenvalue weighted by atomic mass is 10.1. The zero-order valence-electron chi connectivity index (χ0n) is 17.6. The highest BCUT2D eigenvalue weighted by atomic mass is 32.2. The zero-order chi connectivity index (χ0) is 22.8. The van der Waals surface area contributed by atoms with Crippen LogP contribution in [0.4, 0.5) is 16.2 Å². The Kier molecular flexibility index (Phi) is 6.68. The number of anilines is 2. The second-order valence-corrected chi connectivity index (χ2v) is 9.98. The summed E-state index contributed by atoms with van der Waals surface area (Å²) in [5, 5.41) is 19.7. The Bertz CT molecular complexity index is 1200. The number of urea groups is 1. The van der Waals surface area contributed by atoms with Gasteiger partial charge in [-0.25, -0.2) is 18.4 Å². The van der Waals surface area contributed by atoms with E-state index in [0.29, 0.717) is 22.5 Å². The smallest absolute Gasteiger partial charge is 0.312 e. The fourth-order valence-electron chi connectivity index (χ4n) is 3.24. The lowest BCUT2D eigenvalue weighted by Gasteiger charge is -2.14. The molecule has 2 aromatic carbocycles. The number of benzene rings is 2. The first-order valence-corrected chi connectivity index (χ1v) is 11.8. The molecule has 1 unspecified atom stereocenters. The summed E-state index contributed by atoms with van der Waals surface area (Å²) in [4.78, 5) is 12.5. The van der Waals surface area contributed by atoms with Gasteiger partial charge in [-0.1, -0.05) is 23.9 Å². The Hall–Kier alpha value is -2.89. The van der Waals surface area contributed by atoms with E-state index in [9.17, 15) is 13.2 Å². The molecule has 0 aliphatic carbocycles. The lowest BCUT2D eigenvalue weighted by molar-refractivity contribution is 0.262. The number of amides is 2. The molecule has 3 rings (SSSR count). The lowest BCUT2D eigenvalue weighted by Crippen LogP contribution is -2.20. The number of primary sulfonamides is 1. The molecule has 0 aliphatic rings. The van der Waals surface area contributed by atoms with Crippen molar-refractivity contribution in [3.8, 4) is 0 Å². The minimum Gasteiger partial charge on any atom is -0.312 e.